The fraction of sp³-hybridized carbons (Fsp3) is 0.240. The minimum absolute atomic E-state index is 0.0939. The Morgan fingerprint density at radius 2 is 1.82 bits per heavy atom. The van der Waals surface area contributed by atoms with Crippen molar-refractivity contribution in [3.8, 4) is 11.4 Å². The highest BCUT2D eigenvalue weighted by Crippen LogP contribution is 2.22. The van der Waals surface area contributed by atoms with Crippen LogP contribution in [0.2, 0.25) is 0 Å². The molecule has 2 aromatic heterocycles. The number of carbonyl (C=O) groups excluding carboxylic acids is 1. The SMILES string of the molecule is COc1cccc(NC(=O)N2CCN(Cc3nc4cccnc4n3-c3ccccc3)CC2)c1. The number of pyridine rings is 1. The molecule has 2 amide bonds. The Kier molecular flexibility index (Phi) is 5.91. The minimum atomic E-state index is -0.0939. The summed E-state index contributed by atoms with van der Waals surface area (Å²) in [5.74, 6) is 1.66. The number of piperazine rings is 1. The van der Waals surface area contributed by atoms with Crippen molar-refractivity contribution < 1.29 is 9.53 Å². The quantitative estimate of drug-likeness (QED) is 0.509. The van der Waals surface area contributed by atoms with E-state index in [4.69, 9.17) is 9.72 Å². The molecule has 1 aliphatic rings. The number of nitrogens with one attached hydrogen (secondary N) is 1. The van der Waals surface area contributed by atoms with Crippen molar-refractivity contribution in [3.05, 3.63) is 78.8 Å². The third-order valence-corrected chi connectivity index (χ3v) is 5.85. The second-order valence-electron chi connectivity index (χ2n) is 7.97. The van der Waals surface area contributed by atoms with Crippen molar-refractivity contribution in [1.82, 2.24) is 24.3 Å². The van der Waals surface area contributed by atoms with E-state index < -0.39 is 0 Å². The average molecular weight is 443 g/mol. The zero-order valence-corrected chi connectivity index (χ0v) is 18.5. The third-order valence-electron chi connectivity index (χ3n) is 5.85. The van der Waals surface area contributed by atoms with Crippen molar-refractivity contribution in [1.29, 1.82) is 0 Å². The molecule has 2 aromatic carbocycles. The first-order valence-corrected chi connectivity index (χ1v) is 11.0. The fourth-order valence-corrected chi connectivity index (χ4v) is 4.13. The van der Waals surface area contributed by atoms with Crippen LogP contribution < -0.4 is 10.1 Å². The Labute approximate surface area is 192 Å². The first kappa shape index (κ1) is 21.0. The molecule has 3 heterocycles. The van der Waals surface area contributed by atoms with Crippen molar-refractivity contribution >= 4 is 22.9 Å². The molecular weight excluding hydrogens is 416 g/mol. The predicted molar refractivity (Wildman–Crippen MR) is 128 cm³/mol. The predicted octanol–water partition coefficient (Wildman–Crippen LogP) is 3.78. The molecule has 8 nitrogen and oxygen atoms in total. The lowest BCUT2D eigenvalue weighted by atomic mass is 10.3. The number of urea groups is 1. The molecule has 1 fully saturated rings. The molecule has 0 bridgehead atoms. The van der Waals surface area contributed by atoms with Gasteiger partial charge in [-0.2, -0.15) is 0 Å². The summed E-state index contributed by atoms with van der Waals surface area (Å²) < 4.78 is 7.35. The minimum Gasteiger partial charge on any atom is -0.497 e. The molecule has 33 heavy (non-hydrogen) atoms. The molecule has 0 radical (unpaired) electrons. The van der Waals surface area contributed by atoms with Crippen LogP contribution in [0.4, 0.5) is 10.5 Å². The summed E-state index contributed by atoms with van der Waals surface area (Å²) in [6.45, 7) is 3.55. The Bertz CT molecular complexity index is 1250. The van der Waals surface area contributed by atoms with Gasteiger partial charge in [0.25, 0.3) is 0 Å². The highest BCUT2D eigenvalue weighted by molar-refractivity contribution is 5.89. The maximum absolute atomic E-state index is 12.7. The first-order chi connectivity index (χ1) is 16.2. The Hall–Kier alpha value is -3.91. The van der Waals surface area contributed by atoms with Gasteiger partial charge >= 0.3 is 6.03 Å². The number of hydrogen-bond acceptors (Lipinski definition) is 5. The standard InChI is InChI=1S/C25H26N6O2/c1-33-21-10-5-7-19(17-21)27-25(32)30-15-13-29(14-16-30)18-23-28-22-11-6-12-26-24(22)31(23)20-8-3-2-4-9-20/h2-12,17H,13-16,18H2,1H3,(H,27,32). The Balaban J connectivity index is 1.26. The van der Waals surface area contributed by atoms with Crippen LogP contribution in [0.5, 0.6) is 5.75 Å². The maximum atomic E-state index is 12.7. The monoisotopic (exact) mass is 442 g/mol. The number of amides is 2. The average Bonchev–Trinajstić information content (AvgIpc) is 3.23. The zero-order chi connectivity index (χ0) is 22.6. The number of methoxy groups -OCH3 is 1. The molecule has 0 saturated carbocycles. The second kappa shape index (κ2) is 9.30. The molecule has 0 atom stereocenters. The molecule has 1 saturated heterocycles. The van der Waals surface area contributed by atoms with Crippen molar-refractivity contribution in [2.24, 2.45) is 0 Å². The number of anilines is 1. The van der Waals surface area contributed by atoms with Gasteiger partial charge in [0.1, 0.15) is 17.1 Å². The highest BCUT2D eigenvalue weighted by Gasteiger charge is 2.23. The van der Waals surface area contributed by atoms with Gasteiger partial charge in [0.05, 0.1) is 13.7 Å². The van der Waals surface area contributed by atoms with Gasteiger partial charge in [-0.15, -0.1) is 0 Å². The largest absolute Gasteiger partial charge is 0.497 e. The van der Waals surface area contributed by atoms with E-state index >= 15 is 0 Å². The van der Waals surface area contributed by atoms with E-state index in [-0.39, 0.29) is 6.03 Å². The number of nitrogens with zero attached hydrogens (tertiary/aromatic N) is 5. The van der Waals surface area contributed by atoms with Gasteiger partial charge in [-0.3, -0.25) is 9.47 Å². The Morgan fingerprint density at radius 1 is 1.00 bits per heavy atom. The summed E-state index contributed by atoms with van der Waals surface area (Å²) in [5, 5.41) is 2.96. The van der Waals surface area contributed by atoms with E-state index in [1.807, 2.05) is 59.5 Å². The lowest BCUT2D eigenvalue weighted by molar-refractivity contribution is 0.140. The molecular formula is C25H26N6O2. The number of aromatic nitrogens is 3. The normalized spacial score (nSPS) is 14.4. The van der Waals surface area contributed by atoms with E-state index in [0.717, 1.165) is 41.5 Å². The van der Waals surface area contributed by atoms with Crippen LogP contribution in [-0.4, -0.2) is 63.7 Å². The lowest BCUT2D eigenvalue weighted by Crippen LogP contribution is -2.49. The van der Waals surface area contributed by atoms with Crippen LogP contribution in [0.15, 0.2) is 72.9 Å². The summed E-state index contributed by atoms with van der Waals surface area (Å²) in [6.07, 6.45) is 1.80. The molecule has 0 spiro atoms. The van der Waals surface area contributed by atoms with E-state index in [1.165, 1.54) is 0 Å². The summed E-state index contributed by atoms with van der Waals surface area (Å²) in [4.78, 5) is 26.3. The number of benzene rings is 2. The number of hydrogen-bond donors (Lipinski definition) is 1. The van der Waals surface area contributed by atoms with Gasteiger partial charge in [-0.05, 0) is 36.4 Å². The summed E-state index contributed by atoms with van der Waals surface area (Å²) in [7, 11) is 1.61. The molecule has 4 aromatic rings. The number of rotatable bonds is 5. The van der Waals surface area contributed by atoms with Crippen LogP contribution in [0.1, 0.15) is 5.82 Å². The number of carbonyl (C=O) groups is 1. The Morgan fingerprint density at radius 3 is 2.61 bits per heavy atom. The highest BCUT2D eigenvalue weighted by atomic mass is 16.5. The number of imidazole rings is 1. The third kappa shape index (κ3) is 4.51. The van der Waals surface area contributed by atoms with Gasteiger partial charge in [-0.25, -0.2) is 14.8 Å². The molecule has 5 rings (SSSR count). The molecule has 168 valence electrons. The zero-order valence-electron chi connectivity index (χ0n) is 18.5. The summed E-state index contributed by atoms with van der Waals surface area (Å²) in [5.41, 5.74) is 3.51. The molecule has 1 aliphatic heterocycles. The van der Waals surface area contributed by atoms with E-state index in [9.17, 15) is 4.79 Å². The molecule has 0 unspecified atom stereocenters. The number of ether oxygens (including phenoxy) is 1. The molecule has 1 N–H and O–H groups in total. The number of para-hydroxylation sites is 1. The topological polar surface area (TPSA) is 75.5 Å². The van der Waals surface area contributed by atoms with Crippen molar-refractivity contribution in [2.45, 2.75) is 6.54 Å². The van der Waals surface area contributed by atoms with E-state index in [2.05, 4.69) is 31.9 Å². The maximum Gasteiger partial charge on any atom is 0.321 e. The van der Waals surface area contributed by atoms with Gasteiger partial charge in [0.15, 0.2) is 5.65 Å². The van der Waals surface area contributed by atoms with E-state index in [0.29, 0.717) is 25.4 Å². The second-order valence-corrected chi connectivity index (χ2v) is 7.97. The number of fused-ring (bicyclic) bond motifs is 1. The van der Waals surface area contributed by atoms with Crippen LogP contribution in [0.25, 0.3) is 16.9 Å². The van der Waals surface area contributed by atoms with Gasteiger partial charge < -0.3 is 15.0 Å². The van der Waals surface area contributed by atoms with Gasteiger partial charge in [0, 0.05) is 49.8 Å². The van der Waals surface area contributed by atoms with Crippen LogP contribution in [-0.2, 0) is 6.54 Å². The van der Waals surface area contributed by atoms with Gasteiger partial charge in [-0.1, -0.05) is 24.3 Å². The van der Waals surface area contributed by atoms with Crippen molar-refractivity contribution in [2.75, 3.05) is 38.6 Å². The summed E-state index contributed by atoms with van der Waals surface area (Å²) in [6, 6.07) is 21.4. The fourth-order valence-electron chi connectivity index (χ4n) is 4.13. The summed E-state index contributed by atoms with van der Waals surface area (Å²) >= 11 is 0. The van der Waals surface area contributed by atoms with Crippen LogP contribution in [0.3, 0.4) is 0 Å². The first-order valence-electron chi connectivity index (χ1n) is 11.0. The lowest BCUT2D eigenvalue weighted by Gasteiger charge is -2.34. The van der Waals surface area contributed by atoms with Crippen LogP contribution >= 0.6 is 0 Å². The molecule has 0 aliphatic carbocycles. The van der Waals surface area contributed by atoms with Crippen molar-refractivity contribution in [3.63, 3.8) is 0 Å². The van der Waals surface area contributed by atoms with Crippen LogP contribution in [0, 0.1) is 0 Å². The van der Waals surface area contributed by atoms with Gasteiger partial charge in [0.2, 0.25) is 0 Å². The smallest absolute Gasteiger partial charge is 0.321 e. The van der Waals surface area contributed by atoms with E-state index in [1.54, 1.807) is 13.3 Å². The molecule has 8 heteroatoms.